The van der Waals surface area contributed by atoms with E-state index in [1.807, 2.05) is 0 Å². The van der Waals surface area contributed by atoms with Crippen molar-refractivity contribution in [3.63, 3.8) is 0 Å². The van der Waals surface area contributed by atoms with Gasteiger partial charge in [0.25, 0.3) is 5.56 Å². The second kappa shape index (κ2) is 4.21. The molecule has 1 N–H and O–H groups in total. The van der Waals surface area contributed by atoms with Gasteiger partial charge in [0.1, 0.15) is 10.4 Å². The first kappa shape index (κ1) is 12.8. The lowest BCUT2D eigenvalue weighted by atomic mass is 10.4. The van der Waals surface area contributed by atoms with Crippen LogP contribution in [-0.2, 0) is 16.4 Å². The summed E-state index contributed by atoms with van der Waals surface area (Å²) in [5.74, 6) is -0.261. The monoisotopic (exact) mass is 286 g/mol. The first-order valence-electron chi connectivity index (χ1n) is 4.89. The third kappa shape index (κ3) is 2.04. The van der Waals surface area contributed by atoms with Crippen molar-refractivity contribution < 1.29 is 13.5 Å². The molecule has 8 heteroatoms. The summed E-state index contributed by atoms with van der Waals surface area (Å²) in [6.07, 6.45) is 2.52. The summed E-state index contributed by atoms with van der Waals surface area (Å²) in [6, 6.07) is 1.04. The molecule has 0 amide bonds. The smallest absolute Gasteiger partial charge is 0.256 e. The van der Waals surface area contributed by atoms with Gasteiger partial charge in [-0.2, -0.15) is 0 Å². The van der Waals surface area contributed by atoms with Gasteiger partial charge in [0.05, 0.1) is 0 Å². The predicted octanol–water partition coefficient (Wildman–Crippen LogP) is 0.753. The van der Waals surface area contributed by atoms with Crippen molar-refractivity contribution in [1.82, 2.24) is 9.55 Å². The van der Waals surface area contributed by atoms with Gasteiger partial charge in [0.15, 0.2) is 5.65 Å². The number of sulfone groups is 1. The van der Waals surface area contributed by atoms with Crippen molar-refractivity contribution in [2.24, 2.45) is 0 Å². The number of aromatic nitrogens is 2. The topological polar surface area (TPSA) is 89.3 Å². The van der Waals surface area contributed by atoms with E-state index in [9.17, 15) is 18.3 Å². The van der Waals surface area contributed by atoms with Crippen LogP contribution in [0.15, 0.2) is 27.9 Å². The fourth-order valence-corrected chi connectivity index (χ4v) is 3.30. The van der Waals surface area contributed by atoms with Crippen molar-refractivity contribution in [3.05, 3.63) is 29.1 Å². The Morgan fingerprint density at radius 1 is 1.61 bits per heavy atom. The van der Waals surface area contributed by atoms with E-state index in [4.69, 9.17) is 0 Å². The van der Waals surface area contributed by atoms with Gasteiger partial charge in [0, 0.05) is 18.9 Å². The number of allylic oxidation sites excluding steroid dienone is 1. The minimum absolute atomic E-state index is 0.129. The molecule has 0 aliphatic heterocycles. The molecule has 0 spiro atoms. The van der Waals surface area contributed by atoms with E-state index in [0.717, 1.165) is 23.7 Å². The molecule has 0 aromatic carbocycles. The highest BCUT2D eigenvalue weighted by Crippen LogP contribution is 2.30. The van der Waals surface area contributed by atoms with Crippen LogP contribution >= 0.6 is 11.3 Å². The second-order valence-electron chi connectivity index (χ2n) is 3.67. The Hall–Kier alpha value is -1.67. The van der Waals surface area contributed by atoms with Gasteiger partial charge < -0.3 is 5.11 Å². The molecule has 2 rings (SSSR count). The summed E-state index contributed by atoms with van der Waals surface area (Å²) in [7, 11) is -3.47. The molecule has 2 aromatic heterocycles. The SMILES string of the molecule is C=CCn1c(=O)cc(O)c2sc(S(C)(=O)=O)nc21. The Balaban J connectivity index is 2.90. The Labute approximate surface area is 107 Å². The van der Waals surface area contributed by atoms with Crippen LogP contribution in [0, 0.1) is 0 Å². The summed E-state index contributed by atoms with van der Waals surface area (Å²) >= 11 is 0.836. The van der Waals surface area contributed by atoms with Gasteiger partial charge in [0.2, 0.25) is 14.2 Å². The van der Waals surface area contributed by atoms with Gasteiger partial charge in [-0.1, -0.05) is 17.4 Å². The van der Waals surface area contributed by atoms with E-state index < -0.39 is 15.4 Å². The first-order chi connectivity index (χ1) is 8.34. The summed E-state index contributed by atoms with van der Waals surface area (Å²) in [6.45, 7) is 3.71. The lowest BCUT2D eigenvalue weighted by molar-refractivity contribution is 0.480. The van der Waals surface area contributed by atoms with Crippen LogP contribution in [-0.4, -0.2) is 29.3 Å². The largest absolute Gasteiger partial charge is 0.506 e. The van der Waals surface area contributed by atoms with Crippen LogP contribution in [0.3, 0.4) is 0 Å². The lowest BCUT2D eigenvalue weighted by Crippen LogP contribution is -2.18. The fourth-order valence-electron chi connectivity index (χ4n) is 1.47. The van der Waals surface area contributed by atoms with E-state index in [-0.39, 0.29) is 27.0 Å². The molecule has 2 heterocycles. The molecular formula is C10H10N2O4S2. The van der Waals surface area contributed by atoms with Gasteiger partial charge >= 0.3 is 0 Å². The second-order valence-corrected chi connectivity index (χ2v) is 6.86. The van der Waals surface area contributed by atoms with Crippen molar-refractivity contribution in [2.45, 2.75) is 10.9 Å². The highest BCUT2D eigenvalue weighted by Gasteiger charge is 2.18. The minimum Gasteiger partial charge on any atom is -0.506 e. The van der Waals surface area contributed by atoms with Crippen molar-refractivity contribution in [2.75, 3.05) is 6.26 Å². The number of rotatable bonds is 3. The van der Waals surface area contributed by atoms with Crippen LogP contribution in [0.5, 0.6) is 5.75 Å². The molecule has 6 nitrogen and oxygen atoms in total. The Morgan fingerprint density at radius 2 is 2.28 bits per heavy atom. The maximum Gasteiger partial charge on any atom is 0.256 e. The maximum absolute atomic E-state index is 11.7. The number of thiazole rings is 1. The average Bonchev–Trinajstić information content (AvgIpc) is 2.68. The quantitative estimate of drug-likeness (QED) is 0.841. The minimum atomic E-state index is -3.47. The standard InChI is InChI=1S/C10H10N2O4S2/c1-3-4-12-7(14)5-6(13)8-9(12)11-10(17-8)18(2,15)16/h3,5,13H,1,4H2,2H3. The molecule has 0 saturated carbocycles. The van der Waals surface area contributed by atoms with Gasteiger partial charge in [-0.05, 0) is 0 Å². The van der Waals surface area contributed by atoms with E-state index in [1.54, 1.807) is 0 Å². The van der Waals surface area contributed by atoms with Crippen LogP contribution in [0.4, 0.5) is 0 Å². The third-order valence-corrected chi connectivity index (χ3v) is 4.98. The molecule has 96 valence electrons. The summed E-state index contributed by atoms with van der Waals surface area (Å²) in [5.41, 5.74) is -0.296. The first-order valence-corrected chi connectivity index (χ1v) is 7.59. The zero-order chi connectivity index (χ0) is 13.5. The maximum atomic E-state index is 11.7. The molecule has 0 fully saturated rings. The number of hydrogen-bond donors (Lipinski definition) is 1. The van der Waals surface area contributed by atoms with Gasteiger partial charge in [-0.15, -0.1) is 6.58 Å². The Kier molecular flexibility index (Phi) is 2.99. The Morgan fingerprint density at radius 3 is 2.83 bits per heavy atom. The highest BCUT2D eigenvalue weighted by atomic mass is 32.2. The number of aromatic hydroxyl groups is 1. The fraction of sp³-hybridized carbons (Fsp3) is 0.200. The van der Waals surface area contributed by atoms with E-state index in [2.05, 4.69) is 11.6 Å². The third-order valence-electron chi connectivity index (χ3n) is 2.23. The molecular weight excluding hydrogens is 276 g/mol. The number of pyridine rings is 1. The number of hydrogen-bond acceptors (Lipinski definition) is 6. The highest BCUT2D eigenvalue weighted by molar-refractivity contribution is 7.92. The van der Waals surface area contributed by atoms with Gasteiger partial charge in [-0.3, -0.25) is 9.36 Å². The Bertz CT molecular complexity index is 786. The molecule has 0 aliphatic carbocycles. The molecule has 0 radical (unpaired) electrons. The van der Waals surface area contributed by atoms with Crippen molar-refractivity contribution >= 4 is 31.5 Å². The average molecular weight is 286 g/mol. The van der Waals surface area contributed by atoms with Crippen molar-refractivity contribution in [3.8, 4) is 5.75 Å². The molecule has 0 unspecified atom stereocenters. The van der Waals surface area contributed by atoms with E-state index >= 15 is 0 Å². The lowest BCUT2D eigenvalue weighted by Gasteiger charge is -2.03. The molecule has 0 saturated heterocycles. The molecule has 2 aromatic rings. The number of nitrogens with zero attached hydrogens (tertiary/aromatic N) is 2. The molecule has 18 heavy (non-hydrogen) atoms. The zero-order valence-electron chi connectivity index (χ0n) is 9.45. The van der Waals surface area contributed by atoms with Crippen LogP contribution < -0.4 is 5.56 Å². The normalized spacial score (nSPS) is 11.8. The number of fused-ring (bicyclic) bond motifs is 1. The van der Waals surface area contributed by atoms with Crippen LogP contribution in [0.1, 0.15) is 0 Å². The summed E-state index contributed by atoms with van der Waals surface area (Å²) in [5, 5.41) is 9.66. The van der Waals surface area contributed by atoms with Gasteiger partial charge in [-0.25, -0.2) is 13.4 Å². The van der Waals surface area contributed by atoms with Crippen LogP contribution in [0.25, 0.3) is 10.3 Å². The van der Waals surface area contributed by atoms with Crippen molar-refractivity contribution in [1.29, 1.82) is 0 Å². The van der Waals surface area contributed by atoms with Crippen LogP contribution in [0.2, 0.25) is 0 Å². The molecule has 0 aliphatic rings. The molecule has 0 bridgehead atoms. The summed E-state index contributed by atoms with van der Waals surface area (Å²) in [4.78, 5) is 15.6. The predicted molar refractivity (Wildman–Crippen MR) is 68.9 cm³/mol. The molecule has 0 atom stereocenters. The summed E-state index contributed by atoms with van der Waals surface area (Å²) < 4.78 is 24.3. The zero-order valence-corrected chi connectivity index (χ0v) is 11.1. The van der Waals surface area contributed by atoms with E-state index in [0.29, 0.717) is 0 Å². The van der Waals surface area contributed by atoms with E-state index in [1.165, 1.54) is 10.6 Å².